The molecule has 16 heavy (non-hydrogen) atoms. The lowest BCUT2D eigenvalue weighted by molar-refractivity contribution is 0.0994. The van der Waals surface area contributed by atoms with E-state index in [9.17, 15) is 4.79 Å². The number of hydrogen-bond acceptors (Lipinski definition) is 4. The van der Waals surface area contributed by atoms with Crippen molar-refractivity contribution in [3.8, 4) is 0 Å². The fourth-order valence-electron chi connectivity index (χ4n) is 1.33. The maximum atomic E-state index is 10.7. The summed E-state index contributed by atoms with van der Waals surface area (Å²) in [4.78, 5) is 10.7. The minimum atomic E-state index is -0.554. The maximum Gasteiger partial charge on any atom is 0.269 e. The molecular weight excluding hydrogens is 204 g/mol. The minimum absolute atomic E-state index is 0.191. The van der Waals surface area contributed by atoms with Crippen molar-refractivity contribution in [3.05, 3.63) is 17.8 Å². The Hall–Kier alpha value is -1.65. The second-order valence-electron chi connectivity index (χ2n) is 3.66. The number of hydrogen-bond donors (Lipinski definition) is 2. The van der Waals surface area contributed by atoms with Crippen LogP contribution in [0.25, 0.3) is 0 Å². The van der Waals surface area contributed by atoms with E-state index in [1.165, 1.54) is 19.3 Å². The molecular formula is C11H18N4O. The van der Waals surface area contributed by atoms with Crippen LogP contribution in [0.1, 0.15) is 43.1 Å². The zero-order valence-corrected chi connectivity index (χ0v) is 9.57. The zero-order chi connectivity index (χ0) is 11.8. The molecule has 0 aliphatic rings. The van der Waals surface area contributed by atoms with Gasteiger partial charge in [0, 0.05) is 6.54 Å². The van der Waals surface area contributed by atoms with Gasteiger partial charge in [-0.3, -0.25) is 4.79 Å². The molecule has 88 valence electrons. The summed E-state index contributed by atoms with van der Waals surface area (Å²) in [6.07, 6.45) is 4.82. The van der Waals surface area contributed by atoms with Crippen molar-refractivity contribution in [3.63, 3.8) is 0 Å². The van der Waals surface area contributed by atoms with Crippen LogP contribution in [0, 0.1) is 0 Å². The first-order valence-corrected chi connectivity index (χ1v) is 5.61. The average molecular weight is 222 g/mol. The Balaban J connectivity index is 2.29. The van der Waals surface area contributed by atoms with Gasteiger partial charge in [-0.25, -0.2) is 0 Å². The first-order chi connectivity index (χ1) is 7.74. The van der Waals surface area contributed by atoms with Crippen LogP contribution in [0.4, 0.5) is 5.82 Å². The molecule has 0 fully saturated rings. The Labute approximate surface area is 95.4 Å². The summed E-state index contributed by atoms with van der Waals surface area (Å²) in [6, 6.07) is 3.29. The zero-order valence-electron chi connectivity index (χ0n) is 9.57. The first-order valence-electron chi connectivity index (χ1n) is 5.61. The molecule has 0 bridgehead atoms. The van der Waals surface area contributed by atoms with Crippen molar-refractivity contribution < 1.29 is 4.79 Å². The predicted octanol–water partition coefficient (Wildman–Crippen LogP) is 1.57. The monoisotopic (exact) mass is 222 g/mol. The van der Waals surface area contributed by atoms with Crippen LogP contribution in [0.2, 0.25) is 0 Å². The number of carbonyl (C=O) groups is 1. The molecule has 5 nitrogen and oxygen atoms in total. The van der Waals surface area contributed by atoms with E-state index in [4.69, 9.17) is 5.73 Å². The smallest absolute Gasteiger partial charge is 0.269 e. The third kappa shape index (κ3) is 4.25. The Morgan fingerprint density at radius 3 is 2.69 bits per heavy atom. The molecule has 0 aliphatic carbocycles. The van der Waals surface area contributed by atoms with Gasteiger partial charge in [-0.2, -0.15) is 0 Å². The summed E-state index contributed by atoms with van der Waals surface area (Å²) in [5.74, 6) is 0.128. The molecule has 0 atom stereocenters. The minimum Gasteiger partial charge on any atom is -0.369 e. The van der Waals surface area contributed by atoms with E-state index < -0.39 is 5.91 Å². The summed E-state index contributed by atoms with van der Waals surface area (Å²) in [5.41, 5.74) is 5.25. The highest BCUT2D eigenvalue weighted by atomic mass is 16.1. The van der Waals surface area contributed by atoms with Crippen LogP contribution >= 0.6 is 0 Å². The van der Waals surface area contributed by atoms with Gasteiger partial charge in [0.15, 0.2) is 5.69 Å². The lowest BCUT2D eigenvalue weighted by Gasteiger charge is -2.04. The standard InChI is InChI=1S/C11H18N4O/c1-2-3-4-5-8-13-10-7-6-9(11(12)16)14-15-10/h6-7H,2-5,8H2,1H3,(H2,12,16)(H,13,15). The fourth-order valence-corrected chi connectivity index (χ4v) is 1.33. The second kappa shape index (κ2) is 6.76. The van der Waals surface area contributed by atoms with Crippen molar-refractivity contribution in [2.24, 2.45) is 5.73 Å². The van der Waals surface area contributed by atoms with E-state index in [1.54, 1.807) is 12.1 Å². The Morgan fingerprint density at radius 2 is 2.12 bits per heavy atom. The van der Waals surface area contributed by atoms with Crippen molar-refractivity contribution in [1.82, 2.24) is 10.2 Å². The number of anilines is 1. The van der Waals surface area contributed by atoms with Crippen molar-refractivity contribution in [2.45, 2.75) is 32.6 Å². The van der Waals surface area contributed by atoms with E-state index in [0.29, 0.717) is 5.82 Å². The van der Waals surface area contributed by atoms with E-state index in [2.05, 4.69) is 22.4 Å². The highest BCUT2D eigenvalue weighted by Crippen LogP contribution is 2.03. The van der Waals surface area contributed by atoms with Gasteiger partial charge in [-0.05, 0) is 18.6 Å². The topological polar surface area (TPSA) is 80.9 Å². The van der Waals surface area contributed by atoms with Crippen molar-refractivity contribution in [1.29, 1.82) is 0 Å². The summed E-state index contributed by atoms with van der Waals surface area (Å²) < 4.78 is 0. The number of nitrogens with one attached hydrogen (secondary N) is 1. The predicted molar refractivity (Wildman–Crippen MR) is 63.2 cm³/mol. The number of carbonyl (C=O) groups excluding carboxylic acids is 1. The summed E-state index contributed by atoms with van der Waals surface area (Å²) in [5, 5.41) is 10.7. The summed E-state index contributed by atoms with van der Waals surface area (Å²) >= 11 is 0. The highest BCUT2D eigenvalue weighted by Gasteiger charge is 2.02. The SMILES string of the molecule is CCCCCCNc1ccc(C(N)=O)nn1. The number of unbranched alkanes of at least 4 members (excludes halogenated alkanes) is 3. The molecule has 3 N–H and O–H groups in total. The van der Waals surface area contributed by atoms with E-state index >= 15 is 0 Å². The van der Waals surface area contributed by atoms with Crippen LogP contribution in [0.5, 0.6) is 0 Å². The molecule has 1 heterocycles. The molecule has 0 aliphatic heterocycles. The van der Waals surface area contributed by atoms with Crippen molar-refractivity contribution >= 4 is 11.7 Å². The summed E-state index contributed by atoms with van der Waals surface area (Å²) in [7, 11) is 0. The van der Waals surface area contributed by atoms with Gasteiger partial charge in [0.05, 0.1) is 0 Å². The number of nitrogens with two attached hydrogens (primary N) is 1. The van der Waals surface area contributed by atoms with Gasteiger partial charge >= 0.3 is 0 Å². The molecule has 0 radical (unpaired) electrons. The van der Waals surface area contributed by atoms with Gasteiger partial charge in [-0.1, -0.05) is 26.2 Å². The fraction of sp³-hybridized carbons (Fsp3) is 0.545. The first kappa shape index (κ1) is 12.4. The van der Waals surface area contributed by atoms with E-state index in [1.807, 2.05) is 0 Å². The normalized spacial score (nSPS) is 10.1. The largest absolute Gasteiger partial charge is 0.369 e. The number of primary amides is 1. The molecule has 0 unspecified atom stereocenters. The van der Waals surface area contributed by atoms with Crippen LogP contribution in [0.3, 0.4) is 0 Å². The molecule has 1 aromatic heterocycles. The Morgan fingerprint density at radius 1 is 1.31 bits per heavy atom. The highest BCUT2D eigenvalue weighted by molar-refractivity contribution is 5.90. The summed E-state index contributed by atoms with van der Waals surface area (Å²) in [6.45, 7) is 3.06. The van der Waals surface area contributed by atoms with Gasteiger partial charge in [-0.15, -0.1) is 10.2 Å². The lowest BCUT2D eigenvalue weighted by Crippen LogP contribution is -2.14. The number of rotatable bonds is 7. The van der Waals surface area contributed by atoms with Gasteiger partial charge in [0.2, 0.25) is 0 Å². The third-order valence-electron chi connectivity index (χ3n) is 2.25. The maximum absolute atomic E-state index is 10.7. The molecule has 0 spiro atoms. The number of aromatic nitrogens is 2. The molecule has 1 rings (SSSR count). The van der Waals surface area contributed by atoms with Crippen LogP contribution in [-0.2, 0) is 0 Å². The molecule has 0 saturated heterocycles. The Kier molecular flexibility index (Phi) is 5.25. The quantitative estimate of drug-likeness (QED) is 0.686. The molecule has 0 aromatic carbocycles. The Bertz CT molecular complexity index is 323. The van der Waals surface area contributed by atoms with Crippen LogP contribution in [0.15, 0.2) is 12.1 Å². The number of amides is 1. The van der Waals surface area contributed by atoms with Gasteiger partial charge in [0.25, 0.3) is 5.91 Å². The average Bonchev–Trinajstić information content (AvgIpc) is 2.29. The molecule has 1 amide bonds. The van der Waals surface area contributed by atoms with Crippen LogP contribution < -0.4 is 11.1 Å². The second-order valence-corrected chi connectivity index (χ2v) is 3.66. The van der Waals surface area contributed by atoms with Crippen LogP contribution in [-0.4, -0.2) is 22.6 Å². The van der Waals surface area contributed by atoms with Gasteiger partial charge in [0.1, 0.15) is 5.82 Å². The van der Waals surface area contributed by atoms with Crippen molar-refractivity contribution in [2.75, 3.05) is 11.9 Å². The number of nitrogens with zero attached hydrogens (tertiary/aromatic N) is 2. The molecule has 1 aromatic rings. The van der Waals surface area contributed by atoms with E-state index in [0.717, 1.165) is 13.0 Å². The molecule has 5 heteroatoms. The van der Waals surface area contributed by atoms with Gasteiger partial charge < -0.3 is 11.1 Å². The third-order valence-corrected chi connectivity index (χ3v) is 2.25. The van der Waals surface area contributed by atoms with E-state index in [-0.39, 0.29) is 5.69 Å². The molecule has 0 saturated carbocycles. The lowest BCUT2D eigenvalue weighted by atomic mass is 10.2.